The number of carbonyl (C=O) groups is 3. The first-order valence-electron chi connectivity index (χ1n) is 5.89. The van der Waals surface area contributed by atoms with Crippen molar-refractivity contribution in [3.63, 3.8) is 0 Å². The van der Waals surface area contributed by atoms with Crippen LogP contribution in [0.15, 0.2) is 30.0 Å². The van der Waals surface area contributed by atoms with E-state index >= 15 is 0 Å². The number of barbiturate groups is 1. The molecule has 4 amide bonds. The van der Waals surface area contributed by atoms with Crippen LogP contribution in [-0.4, -0.2) is 29.8 Å². The zero-order chi connectivity index (χ0) is 15.6. The van der Waals surface area contributed by atoms with Crippen molar-refractivity contribution in [2.45, 2.75) is 6.54 Å². The Kier molecular flexibility index (Phi) is 4.50. The maximum absolute atomic E-state index is 11.6. The third kappa shape index (κ3) is 3.74. The largest absolute Gasteiger partial charge is 0.375 e. The summed E-state index contributed by atoms with van der Waals surface area (Å²) in [4.78, 5) is 35.7. The maximum Gasteiger partial charge on any atom is 0.328 e. The summed E-state index contributed by atoms with van der Waals surface area (Å²) < 4.78 is 0. The Morgan fingerprint density at radius 3 is 2.29 bits per heavy atom. The molecule has 6 nitrogen and oxygen atoms in total. The topological polar surface area (TPSA) is 78.5 Å². The van der Waals surface area contributed by atoms with Gasteiger partial charge in [-0.05, 0) is 17.7 Å². The van der Waals surface area contributed by atoms with Gasteiger partial charge in [0, 0.05) is 19.8 Å². The van der Waals surface area contributed by atoms with Crippen LogP contribution in [0.4, 0.5) is 4.79 Å². The van der Waals surface area contributed by atoms with Gasteiger partial charge in [0.1, 0.15) is 5.57 Å². The minimum absolute atomic E-state index is 0.142. The van der Waals surface area contributed by atoms with Gasteiger partial charge in [0.15, 0.2) is 0 Å². The average Bonchev–Trinajstić information content (AvgIpc) is 2.38. The van der Waals surface area contributed by atoms with E-state index in [-0.39, 0.29) is 5.57 Å². The van der Waals surface area contributed by atoms with Crippen molar-refractivity contribution in [2.24, 2.45) is 0 Å². The highest BCUT2D eigenvalue weighted by molar-refractivity contribution is 6.42. The first kappa shape index (κ1) is 15.3. The molecule has 2 rings (SSSR count). The SMILES string of the molecule is CN(C=C1C(=O)NC(=O)NC1=O)Cc1ccc(Cl)c(Cl)c1. The Labute approximate surface area is 130 Å². The van der Waals surface area contributed by atoms with Crippen LogP contribution in [0, 0.1) is 0 Å². The molecule has 1 saturated heterocycles. The summed E-state index contributed by atoms with van der Waals surface area (Å²) in [5.74, 6) is -1.46. The van der Waals surface area contributed by atoms with E-state index < -0.39 is 17.8 Å². The van der Waals surface area contributed by atoms with Crippen molar-refractivity contribution in [3.8, 4) is 0 Å². The van der Waals surface area contributed by atoms with Gasteiger partial charge in [-0.25, -0.2) is 4.79 Å². The lowest BCUT2D eigenvalue weighted by molar-refractivity contribution is -0.124. The third-order valence-corrected chi connectivity index (χ3v) is 3.45. The molecule has 1 aliphatic rings. The molecule has 2 N–H and O–H groups in total. The highest BCUT2D eigenvalue weighted by Gasteiger charge is 2.28. The van der Waals surface area contributed by atoms with Gasteiger partial charge in [-0.2, -0.15) is 0 Å². The van der Waals surface area contributed by atoms with Crippen molar-refractivity contribution in [1.29, 1.82) is 0 Å². The van der Waals surface area contributed by atoms with Gasteiger partial charge in [-0.3, -0.25) is 20.2 Å². The molecule has 0 spiro atoms. The van der Waals surface area contributed by atoms with E-state index in [2.05, 4.69) is 0 Å². The lowest BCUT2D eigenvalue weighted by Crippen LogP contribution is -2.51. The second-order valence-corrected chi connectivity index (χ2v) is 5.26. The molecule has 110 valence electrons. The second kappa shape index (κ2) is 6.15. The number of halogens is 2. The van der Waals surface area contributed by atoms with Crippen LogP contribution in [0.2, 0.25) is 10.0 Å². The smallest absolute Gasteiger partial charge is 0.328 e. The molecule has 0 atom stereocenters. The fraction of sp³-hybridized carbons (Fsp3) is 0.154. The van der Waals surface area contributed by atoms with Gasteiger partial charge < -0.3 is 4.90 Å². The highest BCUT2D eigenvalue weighted by Crippen LogP contribution is 2.23. The van der Waals surface area contributed by atoms with Gasteiger partial charge in [0.2, 0.25) is 0 Å². The predicted molar refractivity (Wildman–Crippen MR) is 77.7 cm³/mol. The molecule has 21 heavy (non-hydrogen) atoms. The Morgan fingerprint density at radius 1 is 1.10 bits per heavy atom. The Balaban J connectivity index is 2.13. The molecule has 1 aromatic carbocycles. The summed E-state index contributed by atoms with van der Waals surface area (Å²) >= 11 is 11.7. The number of hydrogen-bond donors (Lipinski definition) is 2. The van der Waals surface area contributed by atoms with Gasteiger partial charge in [-0.15, -0.1) is 0 Å². The number of carbonyl (C=O) groups excluding carboxylic acids is 3. The van der Waals surface area contributed by atoms with Crippen LogP contribution < -0.4 is 10.6 Å². The van der Waals surface area contributed by atoms with E-state index in [1.807, 2.05) is 10.6 Å². The molecule has 0 aliphatic carbocycles. The molecule has 0 unspecified atom stereocenters. The van der Waals surface area contributed by atoms with Gasteiger partial charge >= 0.3 is 6.03 Å². The monoisotopic (exact) mass is 327 g/mol. The molecule has 0 aromatic heterocycles. The van der Waals surface area contributed by atoms with Crippen molar-refractivity contribution in [3.05, 3.63) is 45.6 Å². The second-order valence-electron chi connectivity index (χ2n) is 4.44. The van der Waals surface area contributed by atoms with Crippen LogP contribution in [0.25, 0.3) is 0 Å². The van der Waals surface area contributed by atoms with E-state index in [4.69, 9.17) is 23.2 Å². The number of hydrogen-bond acceptors (Lipinski definition) is 4. The number of amides is 4. The van der Waals surface area contributed by atoms with Crippen LogP contribution in [0.5, 0.6) is 0 Å². The number of benzene rings is 1. The first-order valence-corrected chi connectivity index (χ1v) is 6.65. The average molecular weight is 328 g/mol. The maximum atomic E-state index is 11.6. The molecule has 1 fully saturated rings. The lowest BCUT2D eigenvalue weighted by atomic mass is 10.2. The summed E-state index contributed by atoms with van der Waals surface area (Å²) in [6.45, 7) is 0.412. The van der Waals surface area contributed by atoms with Crippen LogP contribution in [0.1, 0.15) is 5.56 Å². The van der Waals surface area contributed by atoms with Gasteiger partial charge in [-0.1, -0.05) is 29.3 Å². The highest BCUT2D eigenvalue weighted by atomic mass is 35.5. The fourth-order valence-corrected chi connectivity index (χ4v) is 2.11. The van der Waals surface area contributed by atoms with E-state index in [1.54, 1.807) is 30.1 Å². The third-order valence-electron chi connectivity index (χ3n) is 2.71. The molecule has 1 aliphatic heterocycles. The quantitative estimate of drug-likeness (QED) is 0.654. The molecule has 0 bridgehead atoms. The van der Waals surface area contributed by atoms with Crippen molar-refractivity contribution in [2.75, 3.05) is 7.05 Å². The van der Waals surface area contributed by atoms with Crippen LogP contribution in [-0.2, 0) is 16.1 Å². The van der Waals surface area contributed by atoms with Crippen molar-refractivity contribution in [1.82, 2.24) is 15.5 Å². The summed E-state index contributed by atoms with van der Waals surface area (Å²) in [5, 5.41) is 4.88. The number of urea groups is 1. The van der Waals surface area contributed by atoms with Crippen LogP contribution >= 0.6 is 23.2 Å². The predicted octanol–water partition coefficient (Wildman–Crippen LogP) is 1.68. The lowest BCUT2D eigenvalue weighted by Gasteiger charge is -2.19. The molecule has 0 radical (unpaired) electrons. The van der Waals surface area contributed by atoms with Crippen molar-refractivity contribution < 1.29 is 14.4 Å². The van der Waals surface area contributed by atoms with Crippen molar-refractivity contribution >= 4 is 41.0 Å². The molecular weight excluding hydrogens is 317 g/mol. The molecule has 0 saturated carbocycles. The summed E-state index contributed by atoms with van der Waals surface area (Å²) in [5.41, 5.74) is 0.716. The number of nitrogens with zero attached hydrogens (tertiary/aromatic N) is 1. The van der Waals surface area contributed by atoms with Gasteiger partial charge in [0.05, 0.1) is 10.0 Å². The number of nitrogens with one attached hydrogen (secondary N) is 2. The van der Waals surface area contributed by atoms with E-state index in [0.29, 0.717) is 16.6 Å². The van der Waals surface area contributed by atoms with Gasteiger partial charge in [0.25, 0.3) is 11.8 Å². The summed E-state index contributed by atoms with van der Waals surface area (Å²) in [6, 6.07) is 4.32. The van der Waals surface area contributed by atoms with E-state index in [0.717, 1.165) is 5.56 Å². The Morgan fingerprint density at radius 2 is 1.71 bits per heavy atom. The molecular formula is C13H11Cl2N3O3. The minimum atomic E-state index is -0.825. The number of rotatable bonds is 3. The fourth-order valence-electron chi connectivity index (χ4n) is 1.78. The molecule has 8 heteroatoms. The van der Waals surface area contributed by atoms with Crippen LogP contribution in [0.3, 0.4) is 0 Å². The zero-order valence-electron chi connectivity index (χ0n) is 10.9. The minimum Gasteiger partial charge on any atom is -0.375 e. The number of imide groups is 2. The Bertz CT molecular complexity index is 636. The standard InChI is InChI=1S/C13H11Cl2N3O3/c1-18(5-7-2-3-9(14)10(15)4-7)6-8-11(19)16-13(21)17-12(8)20/h2-4,6H,5H2,1H3,(H2,16,17,19,20,21). The van der Waals surface area contributed by atoms with E-state index in [1.165, 1.54) is 6.20 Å². The summed E-state index contributed by atoms with van der Waals surface area (Å²) in [7, 11) is 1.69. The molecule has 1 heterocycles. The van der Waals surface area contributed by atoms with E-state index in [9.17, 15) is 14.4 Å². The summed E-state index contributed by atoms with van der Waals surface area (Å²) in [6.07, 6.45) is 1.36. The normalized spacial score (nSPS) is 14.6. The molecule has 1 aromatic rings. The zero-order valence-corrected chi connectivity index (χ0v) is 12.5. The first-order chi connectivity index (χ1) is 9.86. The Hall–Kier alpha value is -2.05.